The van der Waals surface area contributed by atoms with Gasteiger partial charge in [0.25, 0.3) is 0 Å². The molecule has 0 fully saturated rings. The third-order valence-corrected chi connectivity index (χ3v) is 2.67. The smallest absolute Gasteiger partial charge is 0.121 e. The van der Waals surface area contributed by atoms with E-state index in [2.05, 4.69) is 0 Å². The lowest BCUT2D eigenvalue weighted by molar-refractivity contribution is 0.306. The number of ether oxygens (including phenoxy) is 1. The first-order chi connectivity index (χ1) is 8.69. The minimum atomic E-state index is 0.409. The summed E-state index contributed by atoms with van der Waals surface area (Å²) >= 11 is 5.88. The summed E-state index contributed by atoms with van der Waals surface area (Å²) in [6.45, 7) is 0.409. The van der Waals surface area contributed by atoms with Crippen LogP contribution in [-0.4, -0.2) is 0 Å². The van der Waals surface area contributed by atoms with E-state index < -0.39 is 0 Å². The van der Waals surface area contributed by atoms with Crippen LogP contribution in [0, 0.1) is 11.3 Å². The molecule has 0 bridgehead atoms. The van der Waals surface area contributed by atoms with Crippen molar-refractivity contribution in [2.45, 2.75) is 6.61 Å². The summed E-state index contributed by atoms with van der Waals surface area (Å²) in [5.74, 6) is 0.631. The first-order valence-electron chi connectivity index (χ1n) is 5.36. The van der Waals surface area contributed by atoms with Crippen LogP contribution in [0.1, 0.15) is 11.1 Å². The molecule has 0 unspecified atom stereocenters. The number of nitriles is 1. The van der Waals surface area contributed by atoms with Crippen molar-refractivity contribution in [1.29, 1.82) is 5.26 Å². The molecule has 2 N–H and O–H groups in total. The molecule has 2 aromatic rings. The van der Waals surface area contributed by atoms with E-state index in [1.165, 1.54) is 0 Å². The molecule has 0 saturated carbocycles. The summed E-state index contributed by atoms with van der Waals surface area (Å²) in [5, 5.41) is 9.44. The Morgan fingerprint density at radius 3 is 2.72 bits per heavy atom. The third-order valence-electron chi connectivity index (χ3n) is 2.44. The van der Waals surface area contributed by atoms with Crippen LogP contribution in [-0.2, 0) is 6.61 Å². The number of nitrogen functional groups attached to an aromatic ring is 1. The fourth-order valence-corrected chi connectivity index (χ4v) is 1.74. The second-order valence-corrected chi connectivity index (χ2v) is 4.22. The van der Waals surface area contributed by atoms with Crippen molar-refractivity contribution < 1.29 is 4.74 Å². The van der Waals surface area contributed by atoms with Crippen molar-refractivity contribution in [2.75, 3.05) is 5.73 Å². The first kappa shape index (κ1) is 12.3. The van der Waals surface area contributed by atoms with Gasteiger partial charge in [0.1, 0.15) is 18.4 Å². The van der Waals surface area contributed by atoms with Crippen molar-refractivity contribution in [1.82, 2.24) is 0 Å². The van der Waals surface area contributed by atoms with Gasteiger partial charge in [-0.25, -0.2) is 0 Å². The van der Waals surface area contributed by atoms with E-state index in [1.54, 1.807) is 18.2 Å². The quantitative estimate of drug-likeness (QED) is 0.859. The van der Waals surface area contributed by atoms with Gasteiger partial charge in [-0.15, -0.1) is 0 Å². The Balaban J connectivity index is 2.07. The van der Waals surface area contributed by atoms with E-state index in [9.17, 15) is 0 Å². The molecule has 2 aromatic carbocycles. The zero-order chi connectivity index (χ0) is 13.0. The molecule has 0 spiro atoms. The average molecular weight is 259 g/mol. The van der Waals surface area contributed by atoms with Gasteiger partial charge in [0.15, 0.2) is 0 Å². The maximum Gasteiger partial charge on any atom is 0.121 e. The molecule has 0 radical (unpaired) electrons. The first-order valence-corrected chi connectivity index (χ1v) is 5.73. The number of rotatable bonds is 3. The fourth-order valence-electron chi connectivity index (χ4n) is 1.53. The van der Waals surface area contributed by atoms with Gasteiger partial charge in [0, 0.05) is 11.1 Å². The molecule has 0 saturated heterocycles. The van der Waals surface area contributed by atoms with Gasteiger partial charge in [-0.05, 0) is 29.8 Å². The van der Waals surface area contributed by atoms with Gasteiger partial charge in [0.05, 0.1) is 11.3 Å². The normalized spacial score (nSPS) is 9.78. The predicted octanol–water partition coefficient (Wildman–Crippen LogP) is 3.37. The number of anilines is 1. The highest BCUT2D eigenvalue weighted by Gasteiger charge is 2.01. The summed E-state index contributed by atoms with van der Waals surface area (Å²) in [4.78, 5) is 0. The molecule has 0 aliphatic carbocycles. The van der Waals surface area contributed by atoms with Gasteiger partial charge < -0.3 is 10.5 Å². The van der Waals surface area contributed by atoms with E-state index in [-0.39, 0.29) is 0 Å². The molecule has 0 heterocycles. The van der Waals surface area contributed by atoms with E-state index in [0.29, 0.717) is 28.6 Å². The Morgan fingerprint density at radius 1 is 1.22 bits per heavy atom. The highest BCUT2D eigenvalue weighted by molar-refractivity contribution is 6.30. The predicted molar refractivity (Wildman–Crippen MR) is 71.4 cm³/mol. The largest absolute Gasteiger partial charge is 0.489 e. The lowest BCUT2D eigenvalue weighted by atomic mass is 10.2. The third kappa shape index (κ3) is 2.93. The Morgan fingerprint density at radius 2 is 2.06 bits per heavy atom. The highest BCUT2D eigenvalue weighted by atomic mass is 35.5. The van der Waals surface area contributed by atoms with Crippen LogP contribution in [0.3, 0.4) is 0 Å². The van der Waals surface area contributed by atoms with Crippen LogP contribution < -0.4 is 10.5 Å². The Hall–Kier alpha value is -2.18. The number of nitrogens with zero attached hydrogens (tertiary/aromatic N) is 1. The van der Waals surface area contributed by atoms with Gasteiger partial charge in [-0.3, -0.25) is 0 Å². The molecule has 2 rings (SSSR count). The summed E-state index contributed by atoms with van der Waals surface area (Å²) in [6, 6.07) is 14.5. The monoisotopic (exact) mass is 258 g/mol. The SMILES string of the molecule is N#Cc1ccc(OCc2cccc(Cl)c2)cc1N. The molecule has 0 aliphatic heterocycles. The van der Waals surface area contributed by atoms with E-state index in [0.717, 1.165) is 5.56 Å². The zero-order valence-electron chi connectivity index (χ0n) is 9.56. The second-order valence-electron chi connectivity index (χ2n) is 3.78. The lowest BCUT2D eigenvalue weighted by Crippen LogP contribution is -1.97. The molecule has 0 aromatic heterocycles. The number of hydrogen-bond donors (Lipinski definition) is 1. The summed E-state index contributed by atoms with van der Waals surface area (Å²) in [6.07, 6.45) is 0. The van der Waals surface area contributed by atoms with Crippen molar-refractivity contribution in [3.63, 3.8) is 0 Å². The highest BCUT2D eigenvalue weighted by Crippen LogP contribution is 2.20. The Kier molecular flexibility index (Phi) is 3.71. The molecular formula is C14H11ClN2O. The molecule has 0 aliphatic rings. The van der Waals surface area contributed by atoms with Crippen LogP contribution >= 0.6 is 11.6 Å². The lowest BCUT2D eigenvalue weighted by Gasteiger charge is -2.07. The summed E-state index contributed by atoms with van der Waals surface area (Å²) in [7, 11) is 0. The number of nitrogens with two attached hydrogens (primary N) is 1. The summed E-state index contributed by atoms with van der Waals surface area (Å²) < 4.78 is 5.58. The van der Waals surface area contributed by atoms with Gasteiger partial charge in [0.2, 0.25) is 0 Å². The Labute approximate surface area is 110 Å². The van der Waals surface area contributed by atoms with Crippen molar-refractivity contribution >= 4 is 17.3 Å². The number of hydrogen-bond acceptors (Lipinski definition) is 3. The molecule has 0 amide bonds. The van der Waals surface area contributed by atoms with Crippen LogP contribution in [0.4, 0.5) is 5.69 Å². The average Bonchev–Trinajstić information content (AvgIpc) is 2.37. The topological polar surface area (TPSA) is 59.0 Å². The van der Waals surface area contributed by atoms with E-state index >= 15 is 0 Å². The van der Waals surface area contributed by atoms with Crippen LogP contribution in [0.25, 0.3) is 0 Å². The van der Waals surface area contributed by atoms with Gasteiger partial charge in [-0.1, -0.05) is 23.7 Å². The maximum absolute atomic E-state index is 8.76. The number of halogens is 1. The minimum Gasteiger partial charge on any atom is -0.489 e. The van der Waals surface area contributed by atoms with Crippen molar-refractivity contribution in [3.05, 3.63) is 58.6 Å². The Bertz CT molecular complexity index is 605. The fraction of sp³-hybridized carbons (Fsp3) is 0.0714. The molecular weight excluding hydrogens is 248 g/mol. The van der Waals surface area contributed by atoms with E-state index in [4.69, 9.17) is 27.3 Å². The van der Waals surface area contributed by atoms with Gasteiger partial charge in [-0.2, -0.15) is 5.26 Å². The second kappa shape index (κ2) is 5.44. The molecule has 90 valence electrons. The van der Waals surface area contributed by atoms with Crippen molar-refractivity contribution in [2.24, 2.45) is 0 Å². The molecule has 0 atom stereocenters. The molecule has 3 nitrogen and oxygen atoms in total. The van der Waals surface area contributed by atoms with Crippen molar-refractivity contribution in [3.8, 4) is 11.8 Å². The van der Waals surface area contributed by atoms with Crippen LogP contribution in [0.5, 0.6) is 5.75 Å². The minimum absolute atomic E-state index is 0.409. The molecule has 18 heavy (non-hydrogen) atoms. The van der Waals surface area contributed by atoms with Crippen LogP contribution in [0.2, 0.25) is 5.02 Å². The zero-order valence-corrected chi connectivity index (χ0v) is 10.3. The van der Waals surface area contributed by atoms with E-state index in [1.807, 2.05) is 30.3 Å². The number of benzene rings is 2. The maximum atomic E-state index is 8.76. The standard InChI is InChI=1S/C14H11ClN2O/c15-12-3-1-2-10(6-12)9-18-13-5-4-11(8-16)14(17)7-13/h1-7H,9,17H2. The molecule has 4 heteroatoms. The van der Waals surface area contributed by atoms with Gasteiger partial charge >= 0.3 is 0 Å². The summed E-state index contributed by atoms with van der Waals surface area (Å²) in [5.41, 5.74) is 7.55. The van der Waals surface area contributed by atoms with Crippen LogP contribution in [0.15, 0.2) is 42.5 Å².